The normalized spacial score (nSPS) is 19.1. The molecule has 0 spiro atoms. The largest absolute Gasteiger partial charge is 0.338 e. The molecule has 3 rings (SSSR count). The first-order valence-corrected chi connectivity index (χ1v) is 9.09. The van der Waals surface area contributed by atoms with E-state index in [0.29, 0.717) is 18.7 Å². The number of amides is 1. The second-order valence-corrected chi connectivity index (χ2v) is 8.10. The second-order valence-electron chi connectivity index (χ2n) is 8.10. The Balaban J connectivity index is 0.00000261. The fraction of sp³-hybridized carbons (Fsp3) is 0.500. The summed E-state index contributed by atoms with van der Waals surface area (Å²) in [5, 5.41) is 4.43. The number of nitrogens with zero attached hydrogens (tertiary/aromatic N) is 3. The fourth-order valence-corrected chi connectivity index (χ4v) is 3.58. The minimum Gasteiger partial charge on any atom is -0.338 e. The second kappa shape index (κ2) is 7.98. The van der Waals surface area contributed by atoms with E-state index in [9.17, 15) is 9.18 Å². The molecule has 0 bridgehead atoms. The molecule has 27 heavy (non-hydrogen) atoms. The molecule has 1 aromatic carbocycles. The molecule has 2 N–H and O–H groups in total. The number of piperidine rings is 1. The summed E-state index contributed by atoms with van der Waals surface area (Å²) in [5.74, 6) is -0.209. The zero-order chi connectivity index (χ0) is 19.1. The van der Waals surface area contributed by atoms with E-state index in [-0.39, 0.29) is 41.5 Å². The highest BCUT2D eigenvalue weighted by molar-refractivity contribution is 5.95. The van der Waals surface area contributed by atoms with Crippen LogP contribution in [0.25, 0.3) is 5.69 Å². The van der Waals surface area contributed by atoms with Crippen LogP contribution in [0.5, 0.6) is 0 Å². The van der Waals surface area contributed by atoms with Gasteiger partial charge in [0.15, 0.2) is 0 Å². The van der Waals surface area contributed by atoms with Crippen LogP contribution < -0.4 is 5.73 Å². The lowest BCUT2D eigenvalue weighted by molar-refractivity contribution is 0.0531. The highest BCUT2D eigenvalue weighted by atomic mass is 35.5. The molecule has 1 amide bonds. The van der Waals surface area contributed by atoms with Crippen LogP contribution in [-0.2, 0) is 0 Å². The first kappa shape index (κ1) is 21.4. The quantitative estimate of drug-likeness (QED) is 0.862. The van der Waals surface area contributed by atoms with Gasteiger partial charge in [0.1, 0.15) is 5.82 Å². The molecule has 1 aromatic heterocycles. The zero-order valence-corrected chi connectivity index (χ0v) is 17.1. The third-order valence-electron chi connectivity index (χ3n) is 5.25. The van der Waals surface area contributed by atoms with Crippen molar-refractivity contribution in [3.8, 4) is 5.69 Å². The Bertz CT molecular complexity index is 801. The summed E-state index contributed by atoms with van der Waals surface area (Å²) in [4.78, 5) is 15.1. The van der Waals surface area contributed by atoms with Crippen LogP contribution in [0.3, 0.4) is 0 Å². The topological polar surface area (TPSA) is 64.2 Å². The lowest BCUT2D eigenvalue weighted by Gasteiger charge is -2.42. The molecule has 1 aliphatic rings. The molecule has 0 saturated carbocycles. The van der Waals surface area contributed by atoms with Crippen molar-refractivity contribution in [2.75, 3.05) is 13.1 Å². The van der Waals surface area contributed by atoms with E-state index in [4.69, 9.17) is 5.73 Å². The van der Waals surface area contributed by atoms with E-state index in [1.807, 2.05) is 18.7 Å². The van der Waals surface area contributed by atoms with Crippen molar-refractivity contribution >= 4 is 18.3 Å². The first-order valence-electron chi connectivity index (χ1n) is 9.09. The summed E-state index contributed by atoms with van der Waals surface area (Å²) in [6.07, 6.45) is 2.42. The summed E-state index contributed by atoms with van der Waals surface area (Å²) in [7, 11) is 0. The zero-order valence-electron chi connectivity index (χ0n) is 16.3. The van der Waals surface area contributed by atoms with Crippen LogP contribution in [0.15, 0.2) is 30.5 Å². The average molecular weight is 395 g/mol. The number of likely N-dealkylation sites (tertiary alicyclic amines) is 1. The van der Waals surface area contributed by atoms with Crippen molar-refractivity contribution in [3.05, 3.63) is 47.5 Å². The summed E-state index contributed by atoms with van der Waals surface area (Å²) in [6.45, 7) is 9.55. The molecule has 1 saturated heterocycles. The lowest BCUT2D eigenvalue weighted by Crippen LogP contribution is -2.54. The van der Waals surface area contributed by atoms with Gasteiger partial charge >= 0.3 is 0 Å². The Morgan fingerprint density at radius 2 is 1.93 bits per heavy atom. The van der Waals surface area contributed by atoms with E-state index in [0.717, 1.165) is 17.8 Å². The molecule has 1 aliphatic heterocycles. The van der Waals surface area contributed by atoms with Gasteiger partial charge in [-0.25, -0.2) is 9.07 Å². The van der Waals surface area contributed by atoms with Gasteiger partial charge in [-0.05, 0) is 42.0 Å². The Morgan fingerprint density at radius 1 is 1.30 bits per heavy atom. The third-order valence-corrected chi connectivity index (χ3v) is 5.25. The van der Waals surface area contributed by atoms with Crippen LogP contribution in [0, 0.1) is 11.2 Å². The Kier molecular flexibility index (Phi) is 6.32. The molecule has 7 heteroatoms. The van der Waals surface area contributed by atoms with Crippen molar-refractivity contribution in [2.45, 2.75) is 46.1 Å². The summed E-state index contributed by atoms with van der Waals surface area (Å²) >= 11 is 0. The highest BCUT2D eigenvalue weighted by Gasteiger charge is 2.36. The number of carbonyl (C=O) groups is 1. The average Bonchev–Trinajstić information content (AvgIpc) is 3.02. The first-order chi connectivity index (χ1) is 12.2. The van der Waals surface area contributed by atoms with Crippen LogP contribution >= 0.6 is 12.4 Å². The SMILES string of the molecule is CC(C)c1c(C(=O)N2CCC(N)C(C)(C)C2)cnn1-c1ccc(F)cc1.Cl. The van der Waals surface area contributed by atoms with Crippen LogP contribution in [0.1, 0.15) is 56.1 Å². The highest BCUT2D eigenvalue weighted by Crippen LogP contribution is 2.30. The van der Waals surface area contributed by atoms with E-state index in [1.165, 1.54) is 12.1 Å². The lowest BCUT2D eigenvalue weighted by atomic mass is 9.79. The summed E-state index contributed by atoms with van der Waals surface area (Å²) in [6, 6.07) is 6.24. The maximum absolute atomic E-state index is 13.2. The standard InChI is InChI=1S/C20H27FN4O.ClH/c1-13(2)18-16(11-23-25(18)15-7-5-14(21)6-8-15)19(26)24-10-9-17(22)20(3,4)12-24;/h5-8,11,13,17H,9-10,12,22H2,1-4H3;1H. The number of rotatable bonds is 3. The van der Waals surface area contributed by atoms with Gasteiger partial charge in [-0.2, -0.15) is 5.10 Å². The van der Waals surface area contributed by atoms with Gasteiger partial charge in [0.05, 0.1) is 23.1 Å². The molecule has 1 atom stereocenters. The predicted octanol–water partition coefficient (Wildman–Crippen LogP) is 3.76. The van der Waals surface area contributed by atoms with Crippen molar-refractivity contribution in [1.29, 1.82) is 0 Å². The molecule has 1 fully saturated rings. The van der Waals surface area contributed by atoms with E-state index in [1.54, 1.807) is 23.0 Å². The minimum absolute atomic E-state index is 0. The van der Waals surface area contributed by atoms with Gasteiger partial charge in [0.2, 0.25) is 0 Å². The third kappa shape index (κ3) is 4.17. The van der Waals surface area contributed by atoms with Crippen molar-refractivity contribution in [2.24, 2.45) is 11.1 Å². The molecule has 5 nitrogen and oxygen atoms in total. The minimum atomic E-state index is -0.296. The monoisotopic (exact) mass is 394 g/mol. The number of carbonyl (C=O) groups excluding carboxylic acids is 1. The van der Waals surface area contributed by atoms with Crippen LogP contribution in [0.2, 0.25) is 0 Å². The number of nitrogens with two attached hydrogens (primary N) is 1. The van der Waals surface area contributed by atoms with E-state index in [2.05, 4.69) is 18.9 Å². The Morgan fingerprint density at radius 3 is 2.48 bits per heavy atom. The number of hydrogen-bond donors (Lipinski definition) is 1. The van der Waals surface area contributed by atoms with Gasteiger partial charge in [0, 0.05) is 19.1 Å². The molecule has 2 aromatic rings. The summed E-state index contributed by atoms with van der Waals surface area (Å²) in [5.41, 5.74) is 8.28. The molecule has 0 radical (unpaired) electrons. The molecule has 0 aliphatic carbocycles. The smallest absolute Gasteiger partial charge is 0.257 e. The van der Waals surface area contributed by atoms with Crippen molar-refractivity contribution < 1.29 is 9.18 Å². The van der Waals surface area contributed by atoms with Crippen molar-refractivity contribution in [3.63, 3.8) is 0 Å². The number of halogens is 2. The van der Waals surface area contributed by atoms with E-state index >= 15 is 0 Å². The van der Waals surface area contributed by atoms with Gasteiger partial charge in [-0.1, -0.05) is 27.7 Å². The molecular formula is C20H28ClFN4O. The maximum atomic E-state index is 13.2. The van der Waals surface area contributed by atoms with Gasteiger partial charge < -0.3 is 10.6 Å². The maximum Gasteiger partial charge on any atom is 0.257 e. The number of hydrogen-bond acceptors (Lipinski definition) is 3. The van der Waals surface area contributed by atoms with Gasteiger partial charge in [-0.3, -0.25) is 4.79 Å². The molecule has 2 heterocycles. The van der Waals surface area contributed by atoms with Gasteiger partial charge in [-0.15, -0.1) is 12.4 Å². The predicted molar refractivity (Wildman–Crippen MR) is 107 cm³/mol. The Labute approximate surface area is 166 Å². The fourth-order valence-electron chi connectivity index (χ4n) is 3.58. The molecule has 148 valence electrons. The number of benzene rings is 1. The summed E-state index contributed by atoms with van der Waals surface area (Å²) < 4.78 is 15.0. The number of aromatic nitrogens is 2. The van der Waals surface area contributed by atoms with Crippen molar-refractivity contribution in [1.82, 2.24) is 14.7 Å². The van der Waals surface area contributed by atoms with Gasteiger partial charge in [0.25, 0.3) is 5.91 Å². The van der Waals surface area contributed by atoms with Crippen LogP contribution in [0.4, 0.5) is 4.39 Å². The molecular weight excluding hydrogens is 367 g/mol. The molecule has 1 unspecified atom stereocenters. The van der Waals surface area contributed by atoms with Crippen LogP contribution in [-0.4, -0.2) is 39.7 Å². The van der Waals surface area contributed by atoms with E-state index < -0.39 is 0 Å². The Hall–Kier alpha value is -1.92.